The van der Waals surface area contributed by atoms with Gasteiger partial charge >= 0.3 is 0 Å². The molecule has 24 heavy (non-hydrogen) atoms. The van der Waals surface area contributed by atoms with Crippen LogP contribution in [0.3, 0.4) is 0 Å². The molecule has 124 valence electrons. The third kappa shape index (κ3) is 2.29. The lowest BCUT2D eigenvalue weighted by molar-refractivity contribution is -0.136. The van der Waals surface area contributed by atoms with E-state index >= 15 is 0 Å². The van der Waals surface area contributed by atoms with Gasteiger partial charge in [0.05, 0.1) is 5.56 Å². The van der Waals surface area contributed by atoms with Crippen LogP contribution in [-0.4, -0.2) is 34.7 Å². The first-order valence-electron chi connectivity index (χ1n) is 8.32. The lowest BCUT2D eigenvalue weighted by Gasteiger charge is -2.30. The highest BCUT2D eigenvalue weighted by molar-refractivity contribution is 6.13. The standard InChI is InChI=1S/C18H19N3O3/c1-10-13-6-5-12(19-11-3-2-4-11)9-14(13)18(24)21(10)15-7-8-16(22)20-17(15)23/h5-6,9,11,15,19H,1-4,7-8H2,(H,20,22,23). The van der Waals surface area contributed by atoms with Crippen LogP contribution >= 0.6 is 0 Å². The highest BCUT2D eigenvalue weighted by Crippen LogP contribution is 2.36. The zero-order chi connectivity index (χ0) is 16.8. The Labute approximate surface area is 139 Å². The summed E-state index contributed by atoms with van der Waals surface area (Å²) >= 11 is 0. The molecule has 0 aromatic heterocycles. The third-order valence-corrected chi connectivity index (χ3v) is 5.07. The number of nitrogens with zero attached hydrogens (tertiary/aromatic N) is 1. The Morgan fingerprint density at radius 3 is 2.58 bits per heavy atom. The van der Waals surface area contributed by atoms with Crippen LogP contribution in [-0.2, 0) is 9.59 Å². The van der Waals surface area contributed by atoms with Crippen LogP contribution < -0.4 is 10.6 Å². The Morgan fingerprint density at radius 1 is 1.12 bits per heavy atom. The van der Waals surface area contributed by atoms with Gasteiger partial charge in [-0.3, -0.25) is 24.6 Å². The van der Waals surface area contributed by atoms with Crippen molar-refractivity contribution in [2.45, 2.75) is 44.2 Å². The van der Waals surface area contributed by atoms with Gasteiger partial charge in [0.25, 0.3) is 5.91 Å². The minimum absolute atomic E-state index is 0.221. The monoisotopic (exact) mass is 325 g/mol. The number of fused-ring (bicyclic) bond motifs is 1. The smallest absolute Gasteiger partial charge is 0.259 e. The molecule has 2 fully saturated rings. The maximum atomic E-state index is 12.8. The summed E-state index contributed by atoms with van der Waals surface area (Å²) in [6.45, 7) is 3.99. The van der Waals surface area contributed by atoms with E-state index in [1.54, 1.807) is 0 Å². The molecule has 4 rings (SSSR count). The van der Waals surface area contributed by atoms with Crippen molar-refractivity contribution in [3.8, 4) is 0 Å². The molecule has 2 heterocycles. The predicted molar refractivity (Wildman–Crippen MR) is 89.1 cm³/mol. The van der Waals surface area contributed by atoms with Crippen molar-refractivity contribution < 1.29 is 14.4 Å². The first-order chi connectivity index (χ1) is 11.5. The highest BCUT2D eigenvalue weighted by atomic mass is 16.2. The van der Waals surface area contributed by atoms with Crippen LogP contribution in [0.25, 0.3) is 5.70 Å². The van der Waals surface area contributed by atoms with Crippen molar-refractivity contribution in [1.29, 1.82) is 0 Å². The van der Waals surface area contributed by atoms with Crippen molar-refractivity contribution in [3.63, 3.8) is 0 Å². The quantitative estimate of drug-likeness (QED) is 0.832. The Balaban J connectivity index is 1.60. The fraction of sp³-hybridized carbons (Fsp3) is 0.389. The number of piperidine rings is 1. The number of hydrogen-bond donors (Lipinski definition) is 2. The van der Waals surface area contributed by atoms with Gasteiger partial charge < -0.3 is 5.32 Å². The summed E-state index contributed by atoms with van der Waals surface area (Å²) in [7, 11) is 0. The SMILES string of the molecule is C=C1c2ccc(NC3CCC3)cc2C(=O)N1C1CCC(=O)NC1=O. The van der Waals surface area contributed by atoms with Gasteiger partial charge in [-0.2, -0.15) is 0 Å². The molecular weight excluding hydrogens is 306 g/mol. The number of amides is 3. The van der Waals surface area contributed by atoms with E-state index in [1.807, 2.05) is 18.2 Å². The minimum atomic E-state index is -0.668. The van der Waals surface area contributed by atoms with E-state index in [4.69, 9.17) is 0 Å². The maximum Gasteiger partial charge on any atom is 0.259 e. The number of benzene rings is 1. The molecule has 1 saturated heterocycles. The molecule has 2 aliphatic heterocycles. The largest absolute Gasteiger partial charge is 0.382 e. The summed E-state index contributed by atoms with van der Waals surface area (Å²) < 4.78 is 0. The molecule has 1 saturated carbocycles. The van der Waals surface area contributed by atoms with Gasteiger partial charge in [-0.1, -0.05) is 12.6 Å². The van der Waals surface area contributed by atoms with Gasteiger partial charge in [0, 0.05) is 29.4 Å². The van der Waals surface area contributed by atoms with Crippen LogP contribution in [0, 0.1) is 0 Å². The molecular formula is C18H19N3O3. The first-order valence-corrected chi connectivity index (χ1v) is 8.32. The van der Waals surface area contributed by atoms with Crippen molar-refractivity contribution >= 4 is 29.1 Å². The molecule has 1 aromatic rings. The average molecular weight is 325 g/mol. The number of carbonyl (C=O) groups is 3. The molecule has 1 atom stereocenters. The molecule has 0 spiro atoms. The van der Waals surface area contributed by atoms with E-state index in [1.165, 1.54) is 11.3 Å². The molecule has 1 aromatic carbocycles. The maximum absolute atomic E-state index is 12.8. The van der Waals surface area contributed by atoms with E-state index in [-0.39, 0.29) is 18.2 Å². The molecule has 0 radical (unpaired) electrons. The van der Waals surface area contributed by atoms with Crippen LogP contribution in [0.4, 0.5) is 5.69 Å². The Bertz CT molecular complexity index is 767. The summed E-state index contributed by atoms with van der Waals surface area (Å²) in [5, 5.41) is 5.73. The van der Waals surface area contributed by atoms with Crippen molar-refractivity contribution in [1.82, 2.24) is 10.2 Å². The third-order valence-electron chi connectivity index (χ3n) is 5.07. The zero-order valence-corrected chi connectivity index (χ0v) is 13.3. The van der Waals surface area contributed by atoms with Crippen molar-refractivity contribution in [2.75, 3.05) is 5.32 Å². The van der Waals surface area contributed by atoms with Crippen LogP contribution in [0.1, 0.15) is 48.0 Å². The molecule has 0 bridgehead atoms. The molecule has 6 nitrogen and oxygen atoms in total. The fourth-order valence-corrected chi connectivity index (χ4v) is 3.49. The average Bonchev–Trinajstić information content (AvgIpc) is 2.75. The van der Waals surface area contributed by atoms with Crippen LogP contribution in [0.15, 0.2) is 24.8 Å². The van der Waals surface area contributed by atoms with Gasteiger partial charge in [0.1, 0.15) is 6.04 Å². The summed E-state index contributed by atoms with van der Waals surface area (Å²) in [4.78, 5) is 37.7. The topological polar surface area (TPSA) is 78.5 Å². The number of rotatable bonds is 3. The lowest BCUT2D eigenvalue weighted by Crippen LogP contribution is -2.52. The van der Waals surface area contributed by atoms with Gasteiger partial charge in [-0.05, 0) is 37.8 Å². The number of anilines is 1. The molecule has 1 aliphatic carbocycles. The van der Waals surface area contributed by atoms with Gasteiger partial charge in [-0.15, -0.1) is 0 Å². The minimum Gasteiger partial charge on any atom is -0.382 e. The Morgan fingerprint density at radius 2 is 1.92 bits per heavy atom. The summed E-state index contributed by atoms with van der Waals surface area (Å²) in [5.74, 6) is -0.943. The first kappa shape index (κ1) is 14.9. The van der Waals surface area contributed by atoms with E-state index < -0.39 is 11.9 Å². The number of hydrogen-bond acceptors (Lipinski definition) is 4. The second kappa shape index (κ2) is 5.47. The zero-order valence-electron chi connectivity index (χ0n) is 13.3. The van der Waals surface area contributed by atoms with Crippen molar-refractivity contribution in [3.05, 3.63) is 35.9 Å². The number of carbonyl (C=O) groups excluding carboxylic acids is 3. The van der Waals surface area contributed by atoms with Gasteiger partial charge in [0.15, 0.2) is 0 Å². The number of nitrogens with one attached hydrogen (secondary N) is 2. The van der Waals surface area contributed by atoms with Crippen molar-refractivity contribution in [2.24, 2.45) is 0 Å². The summed E-state index contributed by atoms with van der Waals surface area (Å²) in [6.07, 6.45) is 4.11. The van der Waals surface area contributed by atoms with Gasteiger partial charge in [-0.25, -0.2) is 0 Å². The normalized spacial score (nSPS) is 23.8. The number of imide groups is 1. The molecule has 3 aliphatic rings. The van der Waals surface area contributed by atoms with E-state index in [0.717, 1.165) is 24.1 Å². The summed E-state index contributed by atoms with van der Waals surface area (Å²) in [5.41, 5.74) is 2.77. The second-order valence-corrected chi connectivity index (χ2v) is 6.62. The summed E-state index contributed by atoms with van der Waals surface area (Å²) in [6, 6.07) is 5.48. The van der Waals surface area contributed by atoms with E-state index in [2.05, 4.69) is 17.2 Å². The predicted octanol–water partition coefficient (Wildman–Crippen LogP) is 1.88. The fourth-order valence-electron chi connectivity index (χ4n) is 3.49. The Kier molecular flexibility index (Phi) is 3.40. The lowest BCUT2D eigenvalue weighted by atomic mass is 9.93. The van der Waals surface area contributed by atoms with E-state index in [0.29, 0.717) is 23.7 Å². The molecule has 2 N–H and O–H groups in total. The Hall–Kier alpha value is -2.63. The van der Waals surface area contributed by atoms with E-state index in [9.17, 15) is 14.4 Å². The van der Waals surface area contributed by atoms with Gasteiger partial charge in [0.2, 0.25) is 11.8 Å². The molecule has 3 amide bonds. The molecule has 6 heteroatoms. The highest BCUT2D eigenvalue weighted by Gasteiger charge is 2.41. The molecule has 1 unspecified atom stereocenters. The second-order valence-electron chi connectivity index (χ2n) is 6.62. The van der Waals surface area contributed by atoms with Crippen LogP contribution in [0.2, 0.25) is 0 Å². The van der Waals surface area contributed by atoms with Crippen LogP contribution in [0.5, 0.6) is 0 Å².